The number of hydrogen-bond acceptors (Lipinski definition) is 3. The number of hydrogen-bond donors (Lipinski definition) is 1. The summed E-state index contributed by atoms with van der Waals surface area (Å²) in [6.45, 7) is 4.86. The molecule has 0 aromatic heterocycles. The molecule has 66 valence electrons. The molecule has 0 heterocycles. The van der Waals surface area contributed by atoms with E-state index in [1.807, 2.05) is 0 Å². The molecular weight excluding hydrogens is 179 g/mol. The van der Waals surface area contributed by atoms with E-state index in [2.05, 4.69) is 11.3 Å². The molecule has 0 aromatic rings. The topological polar surface area (TPSA) is 63.6 Å². The lowest BCUT2D eigenvalue weighted by molar-refractivity contribution is -0.137. The minimum atomic E-state index is -2.43. The second kappa shape index (κ2) is 5.63. The van der Waals surface area contributed by atoms with Gasteiger partial charge in [0.1, 0.15) is 6.61 Å². The van der Waals surface area contributed by atoms with Crippen molar-refractivity contribution in [3.05, 3.63) is 24.0 Å². The first-order valence-corrected chi connectivity index (χ1v) is 4.47. The van der Waals surface area contributed by atoms with Gasteiger partial charge in [-0.05, 0) is 11.5 Å². The first-order chi connectivity index (χ1) is 5.57. The molecule has 0 rings (SSSR count). The van der Waals surface area contributed by atoms with Crippen molar-refractivity contribution < 1.29 is 19.0 Å². The highest BCUT2D eigenvalue weighted by Crippen LogP contribution is 2.17. The first-order valence-electron chi connectivity index (χ1n) is 3.19. The van der Waals surface area contributed by atoms with E-state index >= 15 is 0 Å². The van der Waals surface area contributed by atoms with Crippen LogP contribution in [0.2, 0.25) is 0 Å². The van der Waals surface area contributed by atoms with Crippen LogP contribution in [0.5, 0.6) is 0 Å². The van der Waals surface area contributed by atoms with Crippen molar-refractivity contribution in [2.75, 3.05) is 6.61 Å². The molecule has 5 heteroatoms. The monoisotopic (exact) mass is 189 g/mol. The van der Waals surface area contributed by atoms with E-state index in [0.29, 0.717) is 0 Å². The van der Waals surface area contributed by atoms with E-state index in [0.717, 1.165) is 5.82 Å². The normalized spacial score (nSPS) is 12.2. The van der Waals surface area contributed by atoms with E-state index in [1.54, 1.807) is 0 Å². The van der Waals surface area contributed by atoms with Crippen molar-refractivity contribution in [3.63, 3.8) is 0 Å². The molecule has 12 heavy (non-hydrogen) atoms. The van der Waals surface area contributed by atoms with Gasteiger partial charge in [-0.3, -0.25) is 0 Å². The maximum atomic E-state index is 10.9. The summed E-state index contributed by atoms with van der Waals surface area (Å²) in [5.41, 5.74) is 0.125. The summed E-state index contributed by atoms with van der Waals surface area (Å²) in [7, 11) is -2.43. The Balaban J connectivity index is 4.09. The summed E-state index contributed by atoms with van der Waals surface area (Å²) < 4.78 is 14.8. The fourth-order valence-electron chi connectivity index (χ4n) is 0.467. The molecule has 0 aromatic carbocycles. The summed E-state index contributed by atoms with van der Waals surface area (Å²) in [4.78, 5) is 19.3. The molecule has 0 amide bonds. The number of carbonyl (C=O) groups is 1. The molecule has 0 aliphatic rings. The lowest BCUT2D eigenvalue weighted by atomic mass is 10.4. The minimum absolute atomic E-state index is 0.103. The molecule has 1 atom stereocenters. The van der Waals surface area contributed by atoms with E-state index < -0.39 is 14.0 Å². The van der Waals surface area contributed by atoms with E-state index in [9.17, 15) is 9.36 Å². The first kappa shape index (κ1) is 11.0. The summed E-state index contributed by atoms with van der Waals surface area (Å²) in [6, 6.07) is 0. The van der Waals surface area contributed by atoms with E-state index in [1.165, 1.54) is 13.0 Å². The molecule has 0 spiro atoms. The van der Waals surface area contributed by atoms with Crippen LogP contribution >= 0.6 is 8.03 Å². The maximum Gasteiger partial charge on any atom is 0.538 e. The van der Waals surface area contributed by atoms with Gasteiger partial charge in [0.25, 0.3) is 0 Å². The fourth-order valence-corrected chi connectivity index (χ4v) is 0.904. The zero-order valence-corrected chi connectivity index (χ0v) is 7.58. The Morgan fingerprint density at radius 3 is 2.75 bits per heavy atom. The van der Waals surface area contributed by atoms with Gasteiger partial charge < -0.3 is 4.74 Å². The van der Waals surface area contributed by atoms with Crippen LogP contribution in [-0.4, -0.2) is 17.5 Å². The summed E-state index contributed by atoms with van der Waals surface area (Å²) in [5.74, 6) is 0.341. The van der Waals surface area contributed by atoms with Crippen LogP contribution in [0.3, 0.4) is 0 Å². The summed E-state index contributed by atoms with van der Waals surface area (Å²) >= 11 is 0. The van der Waals surface area contributed by atoms with Crippen LogP contribution in [0.1, 0.15) is 6.92 Å². The standard InChI is InChI=1S/C7H9O4P/c1-3-4-11-7(8)6(2)5-12(9)10/h3,5H,1,4H2,2H3/p+1. The van der Waals surface area contributed by atoms with Gasteiger partial charge in [0.2, 0.25) is 0 Å². The van der Waals surface area contributed by atoms with Crippen LogP contribution in [-0.2, 0) is 14.1 Å². The Morgan fingerprint density at radius 2 is 2.33 bits per heavy atom. The second-order valence-corrected chi connectivity index (χ2v) is 2.87. The minimum Gasteiger partial charge on any atom is -0.458 e. The van der Waals surface area contributed by atoms with Crippen molar-refractivity contribution in [2.45, 2.75) is 6.92 Å². The van der Waals surface area contributed by atoms with Gasteiger partial charge in [-0.15, -0.1) is 0 Å². The molecule has 1 unspecified atom stereocenters. The van der Waals surface area contributed by atoms with Gasteiger partial charge >= 0.3 is 14.0 Å². The molecule has 4 nitrogen and oxygen atoms in total. The Bertz CT molecular complexity index is 232. The third kappa shape index (κ3) is 4.77. The average Bonchev–Trinajstić information content (AvgIpc) is 1.98. The predicted molar refractivity (Wildman–Crippen MR) is 44.7 cm³/mol. The van der Waals surface area contributed by atoms with Gasteiger partial charge in [-0.25, -0.2) is 4.79 Å². The van der Waals surface area contributed by atoms with Crippen molar-refractivity contribution in [1.82, 2.24) is 0 Å². The predicted octanol–water partition coefficient (Wildman–Crippen LogP) is 1.35. The van der Waals surface area contributed by atoms with Crippen LogP contribution in [0.25, 0.3) is 0 Å². The van der Waals surface area contributed by atoms with Crippen molar-refractivity contribution in [3.8, 4) is 0 Å². The molecule has 0 saturated heterocycles. The SMILES string of the molecule is C=CCOC(=O)C(C)=C[P+](=O)O. The van der Waals surface area contributed by atoms with Gasteiger partial charge in [-0.1, -0.05) is 12.7 Å². The highest BCUT2D eigenvalue weighted by Gasteiger charge is 2.12. The van der Waals surface area contributed by atoms with Crippen molar-refractivity contribution >= 4 is 14.0 Å². The lowest BCUT2D eigenvalue weighted by Crippen LogP contribution is -2.04. The molecule has 0 bridgehead atoms. The van der Waals surface area contributed by atoms with Crippen LogP contribution in [0.4, 0.5) is 0 Å². The summed E-state index contributed by atoms with van der Waals surface area (Å²) in [6.07, 6.45) is 1.42. The van der Waals surface area contributed by atoms with Crippen LogP contribution < -0.4 is 0 Å². The molecule has 0 saturated carbocycles. The average molecular weight is 189 g/mol. The Labute approximate surface area is 71.4 Å². The third-order valence-electron chi connectivity index (χ3n) is 0.958. The van der Waals surface area contributed by atoms with Gasteiger partial charge in [0, 0.05) is 0 Å². The quantitative estimate of drug-likeness (QED) is 0.314. The number of carbonyl (C=O) groups excluding carboxylic acids is 1. The van der Waals surface area contributed by atoms with Gasteiger partial charge in [0.15, 0.2) is 5.82 Å². The molecule has 1 N–H and O–H groups in total. The smallest absolute Gasteiger partial charge is 0.458 e. The van der Waals surface area contributed by atoms with Crippen LogP contribution in [0, 0.1) is 0 Å². The molecule has 0 aliphatic carbocycles. The lowest BCUT2D eigenvalue weighted by Gasteiger charge is -1.97. The van der Waals surface area contributed by atoms with Gasteiger partial charge in [-0.2, -0.15) is 4.89 Å². The number of esters is 1. The van der Waals surface area contributed by atoms with E-state index in [4.69, 9.17) is 4.89 Å². The zero-order chi connectivity index (χ0) is 9.56. The van der Waals surface area contributed by atoms with Crippen molar-refractivity contribution in [2.24, 2.45) is 0 Å². The molecular formula is C7H10O4P+. The number of rotatable bonds is 4. The molecule has 0 radical (unpaired) electrons. The van der Waals surface area contributed by atoms with E-state index in [-0.39, 0.29) is 12.2 Å². The van der Waals surface area contributed by atoms with Crippen LogP contribution in [0.15, 0.2) is 24.0 Å². The third-order valence-corrected chi connectivity index (χ3v) is 1.57. The molecule has 0 aliphatic heterocycles. The number of ether oxygens (including phenoxy) is 1. The maximum absolute atomic E-state index is 10.9. The van der Waals surface area contributed by atoms with Gasteiger partial charge in [0.05, 0.1) is 5.57 Å². The highest BCUT2D eigenvalue weighted by molar-refractivity contribution is 7.41. The highest BCUT2D eigenvalue weighted by atomic mass is 31.1. The largest absolute Gasteiger partial charge is 0.538 e. The summed E-state index contributed by atoms with van der Waals surface area (Å²) in [5, 5.41) is 0. The Kier molecular flexibility index (Phi) is 5.17. The fraction of sp³-hybridized carbons (Fsp3) is 0.286. The second-order valence-electron chi connectivity index (χ2n) is 2.00. The molecule has 0 fully saturated rings. The zero-order valence-electron chi connectivity index (χ0n) is 6.69. The Morgan fingerprint density at radius 1 is 1.75 bits per heavy atom. The Hall–Kier alpha value is -0.990. The van der Waals surface area contributed by atoms with Crippen molar-refractivity contribution in [1.29, 1.82) is 0 Å².